The van der Waals surface area contributed by atoms with E-state index >= 15 is 0 Å². The first kappa shape index (κ1) is 21.8. The van der Waals surface area contributed by atoms with Crippen molar-refractivity contribution in [2.75, 3.05) is 5.32 Å². The highest BCUT2D eigenvalue weighted by atomic mass is 16.5. The van der Waals surface area contributed by atoms with Gasteiger partial charge in [0.15, 0.2) is 0 Å². The van der Waals surface area contributed by atoms with Crippen molar-refractivity contribution < 1.29 is 23.5 Å². The second-order valence-electron chi connectivity index (χ2n) is 7.16. The van der Waals surface area contributed by atoms with Crippen LogP contribution in [0.2, 0.25) is 0 Å². The number of fused-ring (bicyclic) bond motifs is 1. The summed E-state index contributed by atoms with van der Waals surface area (Å²) in [5.74, 6) is -1.28. The van der Waals surface area contributed by atoms with E-state index in [4.69, 9.17) is 9.15 Å². The van der Waals surface area contributed by atoms with Crippen LogP contribution in [0, 0.1) is 6.92 Å². The Hall–Kier alpha value is -3.94. The predicted molar refractivity (Wildman–Crippen MR) is 115 cm³/mol. The lowest BCUT2D eigenvalue weighted by Gasteiger charge is -2.14. The fraction of sp³-hybridized carbons (Fsp3) is 0.217. The Bertz CT molecular complexity index is 1210. The van der Waals surface area contributed by atoms with E-state index in [0.717, 1.165) is 5.56 Å². The maximum atomic E-state index is 12.4. The van der Waals surface area contributed by atoms with Crippen molar-refractivity contribution in [1.29, 1.82) is 0 Å². The molecule has 0 bridgehead atoms. The number of ether oxygens (including phenoxy) is 1. The van der Waals surface area contributed by atoms with Gasteiger partial charge in [0.1, 0.15) is 18.2 Å². The van der Waals surface area contributed by atoms with Crippen molar-refractivity contribution in [2.45, 2.75) is 33.4 Å². The number of benzene rings is 2. The van der Waals surface area contributed by atoms with Gasteiger partial charge in [-0.1, -0.05) is 17.7 Å². The molecule has 2 aromatic carbocycles. The molecule has 0 radical (unpaired) electrons. The predicted octanol–water partition coefficient (Wildman–Crippen LogP) is 2.92. The van der Waals surface area contributed by atoms with E-state index in [9.17, 15) is 19.2 Å². The minimum absolute atomic E-state index is 0.176. The van der Waals surface area contributed by atoms with Gasteiger partial charge >= 0.3 is 11.6 Å². The molecular formula is C23H22N2O6. The highest BCUT2D eigenvalue weighted by Crippen LogP contribution is 2.22. The number of carbonyl (C=O) groups is 3. The molecule has 3 rings (SSSR count). The SMILES string of the molecule is CC(=O)Nc1ccc2c(COC(=O)[C@H](C)NC(=O)c3cccc(C)c3)cc(=O)oc2c1. The summed E-state index contributed by atoms with van der Waals surface area (Å²) in [6.07, 6.45) is 0. The van der Waals surface area contributed by atoms with Crippen LogP contribution in [-0.4, -0.2) is 23.8 Å². The van der Waals surface area contributed by atoms with Crippen LogP contribution in [0.25, 0.3) is 11.0 Å². The normalized spacial score (nSPS) is 11.6. The van der Waals surface area contributed by atoms with E-state index in [2.05, 4.69) is 10.6 Å². The minimum atomic E-state index is -0.884. The van der Waals surface area contributed by atoms with Crippen molar-refractivity contribution in [1.82, 2.24) is 5.32 Å². The average Bonchev–Trinajstić information content (AvgIpc) is 2.70. The van der Waals surface area contributed by atoms with Crippen molar-refractivity contribution in [3.63, 3.8) is 0 Å². The molecule has 0 aliphatic rings. The summed E-state index contributed by atoms with van der Waals surface area (Å²) in [4.78, 5) is 47.8. The quantitative estimate of drug-likeness (QED) is 0.466. The van der Waals surface area contributed by atoms with Crippen LogP contribution >= 0.6 is 0 Å². The molecule has 1 atom stereocenters. The number of aryl methyl sites for hydroxylation is 1. The molecule has 8 heteroatoms. The molecule has 1 aromatic heterocycles. The molecule has 0 spiro atoms. The maximum absolute atomic E-state index is 12.4. The van der Waals surface area contributed by atoms with Crippen molar-refractivity contribution >= 4 is 34.4 Å². The van der Waals surface area contributed by atoms with Gasteiger partial charge < -0.3 is 19.8 Å². The third-order valence-electron chi connectivity index (χ3n) is 4.50. The number of esters is 1. The van der Waals surface area contributed by atoms with Gasteiger partial charge in [0.2, 0.25) is 5.91 Å². The number of amides is 2. The Balaban J connectivity index is 1.69. The second kappa shape index (κ2) is 9.25. The number of rotatable bonds is 6. The number of hydrogen-bond donors (Lipinski definition) is 2. The minimum Gasteiger partial charge on any atom is -0.459 e. The fourth-order valence-electron chi connectivity index (χ4n) is 3.03. The lowest BCUT2D eigenvalue weighted by atomic mass is 10.1. The smallest absolute Gasteiger partial charge is 0.336 e. The first-order chi connectivity index (χ1) is 14.7. The van der Waals surface area contributed by atoms with Gasteiger partial charge in [-0.15, -0.1) is 0 Å². The lowest BCUT2D eigenvalue weighted by molar-refractivity contribution is -0.146. The first-order valence-electron chi connectivity index (χ1n) is 9.61. The highest BCUT2D eigenvalue weighted by molar-refractivity contribution is 5.97. The number of carbonyl (C=O) groups excluding carboxylic acids is 3. The molecule has 160 valence electrons. The van der Waals surface area contributed by atoms with Crippen LogP contribution in [0.15, 0.2) is 57.7 Å². The molecule has 0 aliphatic heterocycles. The Morgan fingerprint density at radius 1 is 1.10 bits per heavy atom. The van der Waals surface area contributed by atoms with Gasteiger partial charge in [0, 0.05) is 41.3 Å². The zero-order valence-corrected chi connectivity index (χ0v) is 17.4. The lowest BCUT2D eigenvalue weighted by Crippen LogP contribution is -2.39. The van der Waals surface area contributed by atoms with Crippen LogP contribution in [0.1, 0.15) is 35.3 Å². The molecule has 0 aliphatic carbocycles. The van der Waals surface area contributed by atoms with Crippen LogP contribution < -0.4 is 16.3 Å². The van der Waals surface area contributed by atoms with Gasteiger partial charge in [0.05, 0.1) is 0 Å². The summed E-state index contributed by atoms with van der Waals surface area (Å²) in [5.41, 5.74) is 1.95. The van der Waals surface area contributed by atoms with Gasteiger partial charge in [-0.05, 0) is 38.1 Å². The summed E-state index contributed by atoms with van der Waals surface area (Å²) in [6.45, 7) is 4.59. The van der Waals surface area contributed by atoms with E-state index in [1.807, 2.05) is 13.0 Å². The molecule has 3 aromatic rings. The number of nitrogens with one attached hydrogen (secondary N) is 2. The second-order valence-corrected chi connectivity index (χ2v) is 7.16. The zero-order chi connectivity index (χ0) is 22.5. The Morgan fingerprint density at radius 2 is 1.87 bits per heavy atom. The summed E-state index contributed by atoms with van der Waals surface area (Å²) >= 11 is 0. The summed E-state index contributed by atoms with van der Waals surface area (Å²) < 4.78 is 10.5. The molecular weight excluding hydrogens is 400 g/mol. The van der Waals surface area contributed by atoms with E-state index in [0.29, 0.717) is 22.2 Å². The molecule has 0 saturated heterocycles. The average molecular weight is 422 g/mol. The van der Waals surface area contributed by atoms with E-state index in [-0.39, 0.29) is 24.0 Å². The van der Waals surface area contributed by atoms with Gasteiger partial charge in [-0.3, -0.25) is 9.59 Å². The third kappa shape index (κ3) is 5.57. The summed E-state index contributed by atoms with van der Waals surface area (Å²) in [6, 6.07) is 12.2. The fourth-order valence-corrected chi connectivity index (χ4v) is 3.03. The van der Waals surface area contributed by atoms with Crippen molar-refractivity contribution in [2.24, 2.45) is 0 Å². The van der Waals surface area contributed by atoms with Crippen molar-refractivity contribution in [3.8, 4) is 0 Å². The van der Waals surface area contributed by atoms with Gasteiger partial charge in [-0.25, -0.2) is 9.59 Å². The summed E-state index contributed by atoms with van der Waals surface area (Å²) in [5, 5.41) is 5.78. The molecule has 0 saturated carbocycles. The van der Waals surface area contributed by atoms with E-state index in [1.165, 1.54) is 26.0 Å². The van der Waals surface area contributed by atoms with Crippen LogP contribution in [0.5, 0.6) is 0 Å². The zero-order valence-electron chi connectivity index (χ0n) is 17.4. The van der Waals surface area contributed by atoms with Crippen LogP contribution in [-0.2, 0) is 20.9 Å². The van der Waals surface area contributed by atoms with E-state index < -0.39 is 17.6 Å². The number of anilines is 1. The van der Waals surface area contributed by atoms with Crippen LogP contribution in [0.4, 0.5) is 5.69 Å². The number of hydrogen-bond acceptors (Lipinski definition) is 6. The Morgan fingerprint density at radius 3 is 2.58 bits per heavy atom. The molecule has 2 N–H and O–H groups in total. The van der Waals surface area contributed by atoms with Crippen LogP contribution in [0.3, 0.4) is 0 Å². The summed E-state index contributed by atoms with van der Waals surface area (Å²) in [7, 11) is 0. The third-order valence-corrected chi connectivity index (χ3v) is 4.50. The van der Waals surface area contributed by atoms with Gasteiger partial charge in [0.25, 0.3) is 5.91 Å². The topological polar surface area (TPSA) is 115 Å². The molecule has 2 amide bonds. The highest BCUT2D eigenvalue weighted by Gasteiger charge is 2.19. The molecule has 31 heavy (non-hydrogen) atoms. The molecule has 0 unspecified atom stereocenters. The maximum Gasteiger partial charge on any atom is 0.336 e. The monoisotopic (exact) mass is 422 g/mol. The van der Waals surface area contributed by atoms with Gasteiger partial charge in [-0.2, -0.15) is 0 Å². The Kier molecular flexibility index (Phi) is 6.49. The largest absolute Gasteiger partial charge is 0.459 e. The molecule has 0 fully saturated rings. The molecule has 1 heterocycles. The molecule has 8 nitrogen and oxygen atoms in total. The standard InChI is InChI=1S/C23H22N2O6/c1-13-5-4-6-16(9-13)22(28)24-14(2)23(29)30-12-17-10-21(27)31-20-11-18(25-15(3)26)7-8-19(17)20/h4-11,14H,12H2,1-3H3,(H,24,28)(H,25,26)/t14-/m0/s1. The van der Waals surface area contributed by atoms with E-state index in [1.54, 1.807) is 30.3 Å². The first-order valence-corrected chi connectivity index (χ1v) is 9.61. The Labute approximate surface area is 178 Å². The van der Waals surface area contributed by atoms with Crippen molar-refractivity contribution in [3.05, 3.63) is 75.6 Å².